The lowest BCUT2D eigenvalue weighted by molar-refractivity contribution is -0.147. The fraction of sp³-hybridized carbons (Fsp3) is 0.318. The Hall–Kier alpha value is -2.09. The first kappa shape index (κ1) is 21.2. The number of carboxylic acids is 1. The lowest BCUT2D eigenvalue weighted by Gasteiger charge is -2.27. The van der Waals surface area contributed by atoms with Gasteiger partial charge in [0.1, 0.15) is 0 Å². The predicted octanol–water partition coefficient (Wildman–Crippen LogP) is 6.07. The van der Waals surface area contributed by atoms with E-state index in [1.807, 2.05) is 42.5 Å². The van der Waals surface area contributed by atoms with Gasteiger partial charge in [-0.3, -0.25) is 9.59 Å². The van der Waals surface area contributed by atoms with Gasteiger partial charge in [-0.2, -0.15) is 0 Å². The molecule has 1 saturated carbocycles. The van der Waals surface area contributed by atoms with E-state index in [-0.39, 0.29) is 5.91 Å². The van der Waals surface area contributed by atoms with E-state index in [2.05, 4.69) is 10.3 Å². The van der Waals surface area contributed by atoms with Crippen LogP contribution in [0, 0.1) is 11.8 Å². The molecule has 2 N–H and O–H groups in total. The molecule has 2 atom stereocenters. The van der Waals surface area contributed by atoms with E-state index in [4.69, 9.17) is 11.6 Å². The number of aliphatic carboxylic acids is 1. The molecular weight excluding hydrogens is 440 g/mol. The molecule has 3 aromatic rings. The highest BCUT2D eigenvalue weighted by molar-refractivity contribution is 8.00. The van der Waals surface area contributed by atoms with E-state index < -0.39 is 17.8 Å². The van der Waals surface area contributed by atoms with Gasteiger partial charge in [0.2, 0.25) is 5.91 Å². The summed E-state index contributed by atoms with van der Waals surface area (Å²) in [4.78, 5) is 28.8. The number of hydrogen-bond donors (Lipinski definition) is 2. The smallest absolute Gasteiger partial charge is 0.307 e. The Labute approximate surface area is 187 Å². The number of carboxylic acid groups (broad SMARTS) is 1. The topological polar surface area (TPSA) is 79.3 Å². The zero-order valence-corrected chi connectivity index (χ0v) is 18.5. The highest BCUT2D eigenvalue weighted by Crippen LogP contribution is 2.34. The van der Waals surface area contributed by atoms with Crippen LogP contribution in [0.2, 0.25) is 5.02 Å². The van der Waals surface area contributed by atoms with Crippen LogP contribution in [0.4, 0.5) is 5.69 Å². The van der Waals surface area contributed by atoms with E-state index in [0.717, 1.165) is 38.2 Å². The van der Waals surface area contributed by atoms with Gasteiger partial charge in [0.25, 0.3) is 0 Å². The van der Waals surface area contributed by atoms with Crippen molar-refractivity contribution in [2.75, 3.05) is 5.32 Å². The van der Waals surface area contributed by atoms with Crippen LogP contribution in [-0.4, -0.2) is 22.0 Å². The second-order valence-electron chi connectivity index (χ2n) is 7.40. The lowest BCUT2D eigenvalue weighted by Crippen LogP contribution is -2.36. The molecule has 2 aromatic carbocycles. The Morgan fingerprint density at radius 1 is 1.13 bits per heavy atom. The van der Waals surface area contributed by atoms with E-state index in [0.29, 0.717) is 18.5 Å². The van der Waals surface area contributed by atoms with E-state index in [1.54, 1.807) is 23.1 Å². The molecule has 30 heavy (non-hydrogen) atoms. The molecule has 1 aliphatic carbocycles. The van der Waals surface area contributed by atoms with Crippen LogP contribution in [0.1, 0.15) is 31.2 Å². The monoisotopic (exact) mass is 460 g/mol. The minimum atomic E-state index is -0.880. The second kappa shape index (κ2) is 9.37. The van der Waals surface area contributed by atoms with Gasteiger partial charge in [0, 0.05) is 16.5 Å². The molecule has 1 amide bonds. The van der Waals surface area contributed by atoms with Crippen molar-refractivity contribution in [2.24, 2.45) is 11.8 Å². The zero-order chi connectivity index (χ0) is 21.1. The largest absolute Gasteiger partial charge is 0.481 e. The Balaban J connectivity index is 1.43. The number of nitrogens with zero attached hydrogens (tertiary/aromatic N) is 1. The number of thiazole rings is 1. The molecule has 156 valence electrons. The third-order valence-electron chi connectivity index (χ3n) is 5.33. The van der Waals surface area contributed by atoms with Crippen LogP contribution in [0.15, 0.2) is 46.8 Å². The summed E-state index contributed by atoms with van der Waals surface area (Å²) in [7, 11) is 0. The Morgan fingerprint density at radius 2 is 1.87 bits per heavy atom. The van der Waals surface area contributed by atoms with Gasteiger partial charge < -0.3 is 10.4 Å². The minimum Gasteiger partial charge on any atom is -0.481 e. The molecule has 4 rings (SSSR count). The number of rotatable bonds is 6. The number of carbonyl (C=O) groups excluding carboxylic acids is 1. The first-order valence-corrected chi connectivity index (χ1v) is 12.0. The zero-order valence-electron chi connectivity index (χ0n) is 16.1. The van der Waals surface area contributed by atoms with Crippen LogP contribution in [-0.2, 0) is 15.3 Å². The molecule has 0 aliphatic heterocycles. The third kappa shape index (κ3) is 4.96. The fourth-order valence-electron chi connectivity index (χ4n) is 3.74. The number of nitrogens with one attached hydrogen (secondary N) is 1. The van der Waals surface area contributed by atoms with Crippen LogP contribution < -0.4 is 5.32 Å². The Kier molecular flexibility index (Phi) is 6.61. The van der Waals surface area contributed by atoms with Gasteiger partial charge in [-0.05, 0) is 48.7 Å². The van der Waals surface area contributed by atoms with Crippen LogP contribution in [0.5, 0.6) is 0 Å². The van der Waals surface area contributed by atoms with Crippen molar-refractivity contribution in [3.63, 3.8) is 0 Å². The summed E-state index contributed by atoms with van der Waals surface area (Å²) in [6, 6.07) is 13.4. The standard InChI is InChI=1S/C22H21ClN2O3S2/c23-14-7-5-13(6-8-14)12-29-22-25-18-10-9-15(11-19(18)30-22)24-20(26)16-3-1-2-4-17(16)21(27)28/h5-11,16-17H,1-4,12H2,(H,24,26)(H,27,28)/t16-,17-/m0/s1. The van der Waals surface area contributed by atoms with Crippen molar-refractivity contribution in [1.82, 2.24) is 4.98 Å². The first-order chi connectivity index (χ1) is 14.5. The molecule has 1 aromatic heterocycles. The van der Waals surface area contributed by atoms with Gasteiger partial charge in [0.05, 0.1) is 22.1 Å². The van der Waals surface area contributed by atoms with E-state index >= 15 is 0 Å². The van der Waals surface area contributed by atoms with Crippen molar-refractivity contribution in [3.8, 4) is 0 Å². The fourth-order valence-corrected chi connectivity index (χ4v) is 5.93. The number of hydrogen-bond acceptors (Lipinski definition) is 5. The summed E-state index contributed by atoms with van der Waals surface area (Å²) in [5, 5.41) is 13.1. The first-order valence-electron chi connectivity index (χ1n) is 9.81. The quantitative estimate of drug-likeness (QED) is 0.436. The molecule has 0 radical (unpaired) electrons. The molecule has 1 heterocycles. The summed E-state index contributed by atoms with van der Waals surface area (Å²) in [6.07, 6.45) is 2.95. The SMILES string of the molecule is O=C(O)[C@H]1CCCC[C@@H]1C(=O)Nc1ccc2nc(SCc3ccc(Cl)cc3)sc2c1. The molecule has 5 nitrogen and oxygen atoms in total. The van der Waals surface area contributed by atoms with Gasteiger partial charge in [0.15, 0.2) is 4.34 Å². The number of aromatic nitrogens is 1. The number of carbonyl (C=O) groups is 2. The van der Waals surface area contributed by atoms with E-state index in [1.165, 1.54) is 5.56 Å². The highest BCUT2D eigenvalue weighted by Gasteiger charge is 2.35. The second-order valence-corrected chi connectivity index (χ2v) is 10.1. The number of amides is 1. The summed E-state index contributed by atoms with van der Waals surface area (Å²) < 4.78 is 1.95. The maximum Gasteiger partial charge on any atom is 0.307 e. The van der Waals surface area contributed by atoms with Crippen molar-refractivity contribution in [1.29, 1.82) is 0 Å². The molecular formula is C22H21ClN2O3S2. The maximum absolute atomic E-state index is 12.7. The van der Waals surface area contributed by atoms with Crippen LogP contribution >= 0.6 is 34.7 Å². The van der Waals surface area contributed by atoms with Crippen molar-refractivity contribution in [2.45, 2.75) is 35.8 Å². The number of halogens is 1. The molecule has 0 unspecified atom stereocenters. The molecule has 1 aliphatic rings. The average Bonchev–Trinajstić information content (AvgIpc) is 3.15. The van der Waals surface area contributed by atoms with Crippen LogP contribution in [0.3, 0.4) is 0 Å². The normalized spacial score (nSPS) is 19.0. The summed E-state index contributed by atoms with van der Waals surface area (Å²) in [5.41, 5.74) is 2.75. The van der Waals surface area contributed by atoms with Crippen molar-refractivity contribution >= 4 is 62.5 Å². The van der Waals surface area contributed by atoms with Gasteiger partial charge in [-0.1, -0.05) is 48.3 Å². The Morgan fingerprint density at radius 3 is 2.60 bits per heavy atom. The predicted molar refractivity (Wildman–Crippen MR) is 122 cm³/mol. The van der Waals surface area contributed by atoms with Crippen molar-refractivity contribution in [3.05, 3.63) is 53.1 Å². The number of benzene rings is 2. The summed E-state index contributed by atoms with van der Waals surface area (Å²) in [5.74, 6) is -1.35. The summed E-state index contributed by atoms with van der Waals surface area (Å²) in [6.45, 7) is 0. The highest BCUT2D eigenvalue weighted by atomic mass is 35.5. The minimum absolute atomic E-state index is 0.205. The van der Waals surface area contributed by atoms with Gasteiger partial charge in [-0.15, -0.1) is 11.3 Å². The number of anilines is 1. The van der Waals surface area contributed by atoms with Gasteiger partial charge >= 0.3 is 5.97 Å². The average molecular weight is 461 g/mol. The van der Waals surface area contributed by atoms with Crippen molar-refractivity contribution < 1.29 is 14.7 Å². The van der Waals surface area contributed by atoms with Gasteiger partial charge in [-0.25, -0.2) is 4.98 Å². The molecule has 0 saturated heterocycles. The summed E-state index contributed by atoms with van der Waals surface area (Å²) >= 11 is 9.18. The Bertz CT molecular complexity index is 1070. The maximum atomic E-state index is 12.7. The molecule has 0 spiro atoms. The number of fused-ring (bicyclic) bond motifs is 1. The third-order valence-corrected chi connectivity index (χ3v) is 7.82. The molecule has 1 fully saturated rings. The molecule has 8 heteroatoms. The lowest BCUT2D eigenvalue weighted by atomic mass is 9.78. The number of thioether (sulfide) groups is 1. The molecule has 0 bridgehead atoms. The van der Waals surface area contributed by atoms with E-state index in [9.17, 15) is 14.7 Å². The van der Waals surface area contributed by atoms with Crippen LogP contribution in [0.25, 0.3) is 10.2 Å².